The summed E-state index contributed by atoms with van der Waals surface area (Å²) in [4.78, 5) is 34.7. The Morgan fingerprint density at radius 2 is 1.96 bits per heavy atom. The molecule has 1 aromatic carbocycles. The zero-order valence-corrected chi connectivity index (χ0v) is 13.6. The maximum Gasteiger partial charge on any atom is 0.308 e. The van der Waals surface area contributed by atoms with Crippen molar-refractivity contribution in [2.24, 2.45) is 5.73 Å². The number of carbonyl (C=O) groups excluding carboxylic acids is 3. The Bertz CT molecular complexity index is 557. The summed E-state index contributed by atoms with van der Waals surface area (Å²) in [5, 5.41) is 2.64. The number of amides is 2. The summed E-state index contributed by atoms with van der Waals surface area (Å²) in [5.41, 5.74) is 5.66. The minimum atomic E-state index is -0.697. The molecule has 0 aliphatic heterocycles. The number of nitrogens with two attached hydrogens (primary N) is 1. The highest BCUT2D eigenvalue weighted by molar-refractivity contribution is 5.97. The minimum Gasteiger partial charge on any atom is -0.427 e. The van der Waals surface area contributed by atoms with Gasteiger partial charge in [-0.3, -0.25) is 14.4 Å². The van der Waals surface area contributed by atoms with Gasteiger partial charge in [0.25, 0.3) is 5.91 Å². The minimum absolute atomic E-state index is 0.281. The monoisotopic (exact) mass is 320 g/mol. The van der Waals surface area contributed by atoms with Crippen LogP contribution in [0.1, 0.15) is 56.3 Å². The number of unbranched alkanes of at least 4 members (excludes halogenated alkanes) is 3. The molecule has 1 atom stereocenters. The topological polar surface area (TPSA) is 98.5 Å². The van der Waals surface area contributed by atoms with Crippen LogP contribution < -0.4 is 15.8 Å². The van der Waals surface area contributed by atoms with Gasteiger partial charge in [-0.15, -0.1) is 0 Å². The van der Waals surface area contributed by atoms with Crippen molar-refractivity contribution in [2.75, 3.05) is 0 Å². The van der Waals surface area contributed by atoms with Gasteiger partial charge in [-0.05, 0) is 24.6 Å². The van der Waals surface area contributed by atoms with E-state index in [1.54, 1.807) is 18.2 Å². The van der Waals surface area contributed by atoms with Crippen LogP contribution in [-0.2, 0) is 9.59 Å². The Labute approximate surface area is 136 Å². The number of hydrogen-bond donors (Lipinski definition) is 2. The zero-order valence-electron chi connectivity index (χ0n) is 13.6. The molecular formula is C17H24N2O4. The van der Waals surface area contributed by atoms with E-state index in [-0.39, 0.29) is 5.75 Å². The lowest BCUT2D eigenvalue weighted by Gasteiger charge is -2.15. The van der Waals surface area contributed by atoms with Crippen molar-refractivity contribution in [1.82, 2.24) is 5.32 Å². The summed E-state index contributed by atoms with van der Waals surface area (Å²) < 4.78 is 4.94. The molecule has 1 aromatic rings. The quantitative estimate of drug-likeness (QED) is 0.414. The third-order valence-corrected chi connectivity index (χ3v) is 3.35. The highest BCUT2D eigenvalue weighted by atomic mass is 16.5. The van der Waals surface area contributed by atoms with Crippen LogP contribution in [0.4, 0.5) is 0 Å². The van der Waals surface area contributed by atoms with Crippen LogP contribution in [0, 0.1) is 0 Å². The van der Waals surface area contributed by atoms with Crippen molar-refractivity contribution in [3.05, 3.63) is 29.8 Å². The summed E-state index contributed by atoms with van der Waals surface area (Å²) >= 11 is 0. The maximum absolute atomic E-state index is 12.2. The van der Waals surface area contributed by atoms with Crippen LogP contribution in [0.5, 0.6) is 5.75 Å². The Morgan fingerprint density at radius 3 is 2.57 bits per heavy atom. The van der Waals surface area contributed by atoms with Gasteiger partial charge in [0.2, 0.25) is 5.91 Å². The van der Waals surface area contributed by atoms with E-state index in [1.165, 1.54) is 13.0 Å². The average Bonchev–Trinajstić information content (AvgIpc) is 2.49. The van der Waals surface area contributed by atoms with Crippen LogP contribution >= 0.6 is 0 Å². The molecule has 23 heavy (non-hydrogen) atoms. The van der Waals surface area contributed by atoms with Crippen LogP contribution in [0.2, 0.25) is 0 Å². The number of hydrogen-bond acceptors (Lipinski definition) is 4. The van der Waals surface area contributed by atoms with Gasteiger partial charge in [0.05, 0.1) is 0 Å². The van der Waals surface area contributed by atoms with Crippen LogP contribution in [0.15, 0.2) is 24.3 Å². The van der Waals surface area contributed by atoms with E-state index in [2.05, 4.69) is 12.2 Å². The highest BCUT2D eigenvalue weighted by Gasteiger charge is 2.18. The summed E-state index contributed by atoms with van der Waals surface area (Å²) in [6.07, 6.45) is 4.53. The van der Waals surface area contributed by atoms with E-state index in [0.29, 0.717) is 12.0 Å². The number of ether oxygens (including phenoxy) is 1. The molecule has 0 spiro atoms. The van der Waals surface area contributed by atoms with Gasteiger partial charge < -0.3 is 15.8 Å². The molecule has 3 N–H and O–H groups in total. The molecule has 0 aliphatic rings. The van der Waals surface area contributed by atoms with Crippen LogP contribution in [0.3, 0.4) is 0 Å². The SMILES string of the molecule is CCCCCC[C@@H](NC(=O)c1cccc(OC(C)=O)c1)C(N)=O. The van der Waals surface area contributed by atoms with Gasteiger partial charge in [0, 0.05) is 12.5 Å². The molecule has 0 aromatic heterocycles. The van der Waals surface area contributed by atoms with Gasteiger partial charge in [0.1, 0.15) is 11.8 Å². The Balaban J connectivity index is 2.67. The fourth-order valence-corrected chi connectivity index (χ4v) is 2.17. The summed E-state index contributed by atoms with van der Waals surface area (Å²) in [6.45, 7) is 3.38. The second-order valence-corrected chi connectivity index (χ2v) is 5.40. The van der Waals surface area contributed by atoms with Gasteiger partial charge in [0.15, 0.2) is 0 Å². The fourth-order valence-electron chi connectivity index (χ4n) is 2.17. The van der Waals surface area contributed by atoms with E-state index < -0.39 is 23.8 Å². The molecule has 6 nitrogen and oxygen atoms in total. The smallest absolute Gasteiger partial charge is 0.308 e. The second-order valence-electron chi connectivity index (χ2n) is 5.40. The number of carbonyl (C=O) groups is 3. The number of benzene rings is 1. The fraction of sp³-hybridized carbons (Fsp3) is 0.471. The molecule has 0 fully saturated rings. The normalized spacial score (nSPS) is 11.6. The van der Waals surface area contributed by atoms with Crippen LogP contribution in [-0.4, -0.2) is 23.8 Å². The number of nitrogens with one attached hydrogen (secondary N) is 1. The van der Waals surface area contributed by atoms with E-state index >= 15 is 0 Å². The predicted molar refractivity (Wildman–Crippen MR) is 87.0 cm³/mol. The Kier molecular flexibility index (Phi) is 7.80. The molecule has 0 saturated carbocycles. The molecule has 0 bridgehead atoms. The van der Waals surface area contributed by atoms with E-state index in [4.69, 9.17) is 10.5 Å². The van der Waals surface area contributed by atoms with E-state index in [1.807, 2.05) is 0 Å². The van der Waals surface area contributed by atoms with Gasteiger partial charge in [-0.2, -0.15) is 0 Å². The number of primary amides is 1. The summed E-state index contributed by atoms with van der Waals surface area (Å²) in [6, 6.07) is 5.52. The molecule has 0 saturated heterocycles. The molecular weight excluding hydrogens is 296 g/mol. The Hall–Kier alpha value is -2.37. The first-order valence-corrected chi connectivity index (χ1v) is 7.82. The first kappa shape index (κ1) is 18.7. The van der Waals surface area contributed by atoms with Gasteiger partial charge in [-0.1, -0.05) is 38.7 Å². The molecule has 0 radical (unpaired) electrons. The van der Waals surface area contributed by atoms with Crippen LogP contribution in [0.25, 0.3) is 0 Å². The third kappa shape index (κ3) is 6.95. The molecule has 2 amide bonds. The highest BCUT2D eigenvalue weighted by Crippen LogP contribution is 2.14. The third-order valence-electron chi connectivity index (χ3n) is 3.35. The summed E-state index contributed by atoms with van der Waals surface area (Å²) in [5.74, 6) is -1.15. The molecule has 6 heteroatoms. The van der Waals surface area contributed by atoms with E-state index in [9.17, 15) is 14.4 Å². The molecule has 0 unspecified atom stereocenters. The number of rotatable bonds is 9. The van der Waals surface area contributed by atoms with Crippen molar-refractivity contribution in [1.29, 1.82) is 0 Å². The van der Waals surface area contributed by atoms with E-state index in [0.717, 1.165) is 25.7 Å². The average molecular weight is 320 g/mol. The van der Waals surface area contributed by atoms with Crippen molar-refractivity contribution < 1.29 is 19.1 Å². The van der Waals surface area contributed by atoms with Gasteiger partial charge in [-0.25, -0.2) is 0 Å². The lowest BCUT2D eigenvalue weighted by molar-refractivity contribution is -0.131. The molecule has 0 heterocycles. The van der Waals surface area contributed by atoms with Gasteiger partial charge >= 0.3 is 5.97 Å². The molecule has 126 valence electrons. The second kappa shape index (κ2) is 9.61. The molecule has 1 rings (SSSR count). The lowest BCUT2D eigenvalue weighted by Crippen LogP contribution is -2.44. The molecule has 0 aliphatic carbocycles. The first-order chi connectivity index (χ1) is 10.9. The number of esters is 1. The largest absolute Gasteiger partial charge is 0.427 e. The van der Waals surface area contributed by atoms with Crippen molar-refractivity contribution in [3.63, 3.8) is 0 Å². The predicted octanol–water partition coefficient (Wildman–Crippen LogP) is 2.17. The first-order valence-electron chi connectivity index (χ1n) is 7.82. The maximum atomic E-state index is 12.2. The Morgan fingerprint density at radius 1 is 1.22 bits per heavy atom. The summed E-state index contributed by atoms with van der Waals surface area (Å²) in [7, 11) is 0. The zero-order chi connectivity index (χ0) is 17.2. The standard InChI is InChI=1S/C17H24N2O4/c1-3-4-5-6-10-15(16(18)21)19-17(22)13-8-7-9-14(11-13)23-12(2)20/h7-9,11,15H,3-6,10H2,1-2H3,(H2,18,21)(H,19,22)/t15-/m1/s1. The lowest BCUT2D eigenvalue weighted by atomic mass is 10.1. The van der Waals surface area contributed by atoms with Crippen molar-refractivity contribution in [3.8, 4) is 5.75 Å². The van der Waals surface area contributed by atoms with Crippen molar-refractivity contribution >= 4 is 17.8 Å². The van der Waals surface area contributed by atoms with Crippen molar-refractivity contribution in [2.45, 2.75) is 52.0 Å².